The largest absolute Gasteiger partial charge is 0.334 e. The molecule has 0 N–H and O–H groups in total. The summed E-state index contributed by atoms with van der Waals surface area (Å²) in [5.74, 6) is 0.204. The maximum Gasteiger partial charge on any atom is 0.254 e. The summed E-state index contributed by atoms with van der Waals surface area (Å²) in [5.41, 5.74) is 2.44. The average Bonchev–Trinajstić information content (AvgIpc) is 2.87. The average molecular weight is 280 g/mol. The summed E-state index contributed by atoms with van der Waals surface area (Å²) in [7, 11) is 0. The van der Waals surface area contributed by atoms with Gasteiger partial charge in [0.25, 0.3) is 5.91 Å². The summed E-state index contributed by atoms with van der Waals surface area (Å²) < 4.78 is 1.05. The number of amides is 1. The van der Waals surface area contributed by atoms with Crippen molar-refractivity contribution in [1.29, 1.82) is 0 Å². The lowest BCUT2D eigenvalue weighted by atomic mass is 10.1. The molecule has 1 aromatic rings. The first-order valence-corrected chi connectivity index (χ1v) is 6.44. The maximum atomic E-state index is 12.1. The van der Waals surface area contributed by atoms with Gasteiger partial charge in [-0.15, -0.1) is 0 Å². The lowest BCUT2D eigenvalue weighted by Crippen LogP contribution is -2.29. The van der Waals surface area contributed by atoms with Crippen molar-refractivity contribution in [2.24, 2.45) is 5.41 Å². The first-order valence-electron chi connectivity index (χ1n) is 5.65. The topological polar surface area (TPSA) is 20.3 Å². The highest BCUT2D eigenvalue weighted by atomic mass is 79.9. The van der Waals surface area contributed by atoms with Crippen LogP contribution in [0.3, 0.4) is 0 Å². The third-order valence-electron chi connectivity index (χ3n) is 3.62. The Balaban J connectivity index is 1.85. The number of rotatable bonds is 2. The Bertz CT molecular complexity index is 465. The lowest BCUT2D eigenvalue weighted by molar-refractivity contribution is 0.0748. The monoisotopic (exact) mass is 279 g/mol. The molecule has 0 atom stereocenters. The number of carbonyl (C=O) groups is 1. The Labute approximate surface area is 104 Å². The molecule has 0 unspecified atom stereocenters. The molecule has 3 rings (SSSR count). The Morgan fingerprint density at radius 2 is 2.19 bits per heavy atom. The molecule has 0 radical (unpaired) electrons. The van der Waals surface area contributed by atoms with Gasteiger partial charge in [-0.05, 0) is 42.0 Å². The van der Waals surface area contributed by atoms with E-state index in [-0.39, 0.29) is 5.91 Å². The molecule has 0 bridgehead atoms. The Hall–Kier alpha value is -0.830. The SMILES string of the molecule is CC1(CN2Cc3cc(Br)ccc3C2=O)CC1. The van der Waals surface area contributed by atoms with Crippen molar-refractivity contribution in [1.82, 2.24) is 4.90 Å². The fraction of sp³-hybridized carbons (Fsp3) is 0.462. The Kier molecular flexibility index (Phi) is 2.15. The number of carbonyl (C=O) groups excluding carboxylic acids is 1. The molecule has 1 aliphatic carbocycles. The van der Waals surface area contributed by atoms with E-state index < -0.39 is 0 Å². The molecule has 1 heterocycles. The van der Waals surface area contributed by atoms with Gasteiger partial charge in [-0.2, -0.15) is 0 Å². The number of hydrogen-bond donors (Lipinski definition) is 0. The van der Waals surface area contributed by atoms with Crippen LogP contribution >= 0.6 is 15.9 Å². The summed E-state index contributed by atoms with van der Waals surface area (Å²) in [6.45, 7) is 3.96. The van der Waals surface area contributed by atoms with Crippen LogP contribution in [0.1, 0.15) is 35.7 Å². The predicted molar refractivity (Wildman–Crippen MR) is 66.2 cm³/mol. The minimum atomic E-state index is 0.204. The van der Waals surface area contributed by atoms with Gasteiger partial charge in [0.15, 0.2) is 0 Å². The van der Waals surface area contributed by atoms with E-state index in [0.29, 0.717) is 5.41 Å². The minimum absolute atomic E-state index is 0.204. The highest BCUT2D eigenvalue weighted by molar-refractivity contribution is 9.10. The standard InChI is InChI=1S/C13H14BrNO/c1-13(4-5-13)8-15-7-9-6-10(14)2-3-11(9)12(15)16/h2-3,6H,4-5,7-8H2,1H3. The molecular formula is C13H14BrNO. The zero-order valence-corrected chi connectivity index (χ0v) is 10.9. The second-order valence-corrected chi connectivity index (χ2v) is 6.19. The van der Waals surface area contributed by atoms with Crippen LogP contribution in [-0.2, 0) is 6.54 Å². The van der Waals surface area contributed by atoms with Gasteiger partial charge in [0.05, 0.1) is 0 Å². The fourth-order valence-electron chi connectivity index (χ4n) is 2.31. The van der Waals surface area contributed by atoms with Gasteiger partial charge in [-0.1, -0.05) is 22.9 Å². The van der Waals surface area contributed by atoms with Crippen molar-refractivity contribution >= 4 is 21.8 Å². The molecule has 2 aliphatic rings. The van der Waals surface area contributed by atoms with Crippen molar-refractivity contribution in [3.8, 4) is 0 Å². The molecule has 0 aromatic heterocycles. The van der Waals surface area contributed by atoms with E-state index in [1.165, 1.54) is 12.8 Å². The molecule has 0 saturated heterocycles. The molecule has 2 nitrogen and oxygen atoms in total. The normalized spacial score (nSPS) is 21.1. The molecule has 1 amide bonds. The summed E-state index contributed by atoms with van der Waals surface area (Å²) in [4.78, 5) is 14.1. The van der Waals surface area contributed by atoms with Crippen molar-refractivity contribution in [2.75, 3.05) is 6.54 Å². The van der Waals surface area contributed by atoms with Crippen LogP contribution in [0.5, 0.6) is 0 Å². The van der Waals surface area contributed by atoms with Crippen LogP contribution in [0.15, 0.2) is 22.7 Å². The van der Waals surface area contributed by atoms with E-state index in [9.17, 15) is 4.79 Å². The molecular weight excluding hydrogens is 266 g/mol. The smallest absolute Gasteiger partial charge is 0.254 e. The molecule has 1 saturated carbocycles. The fourth-order valence-corrected chi connectivity index (χ4v) is 2.72. The van der Waals surface area contributed by atoms with E-state index in [1.807, 2.05) is 17.0 Å². The number of halogens is 1. The molecule has 1 aliphatic heterocycles. The van der Waals surface area contributed by atoms with Crippen LogP contribution in [0.25, 0.3) is 0 Å². The van der Waals surface area contributed by atoms with Gasteiger partial charge in [-0.25, -0.2) is 0 Å². The first kappa shape index (κ1) is 10.3. The zero-order chi connectivity index (χ0) is 11.3. The summed E-state index contributed by atoms with van der Waals surface area (Å²) in [6, 6.07) is 5.93. The van der Waals surface area contributed by atoms with Crippen LogP contribution in [0.2, 0.25) is 0 Å². The van der Waals surface area contributed by atoms with Gasteiger partial charge in [0.2, 0.25) is 0 Å². The third-order valence-corrected chi connectivity index (χ3v) is 4.12. The van der Waals surface area contributed by atoms with E-state index in [1.54, 1.807) is 0 Å². The number of fused-ring (bicyclic) bond motifs is 1. The zero-order valence-electron chi connectivity index (χ0n) is 9.29. The second kappa shape index (κ2) is 3.33. The highest BCUT2D eigenvalue weighted by Gasteiger charge is 2.41. The number of hydrogen-bond acceptors (Lipinski definition) is 1. The molecule has 3 heteroatoms. The third kappa shape index (κ3) is 1.67. The van der Waals surface area contributed by atoms with Crippen molar-refractivity contribution in [2.45, 2.75) is 26.3 Å². The van der Waals surface area contributed by atoms with E-state index in [0.717, 1.165) is 28.7 Å². The van der Waals surface area contributed by atoms with Gasteiger partial charge in [0.1, 0.15) is 0 Å². The van der Waals surface area contributed by atoms with Crippen molar-refractivity contribution in [3.05, 3.63) is 33.8 Å². The summed E-state index contributed by atoms with van der Waals surface area (Å²) in [5, 5.41) is 0. The maximum absolute atomic E-state index is 12.1. The lowest BCUT2D eigenvalue weighted by Gasteiger charge is -2.19. The van der Waals surface area contributed by atoms with E-state index in [2.05, 4.69) is 28.9 Å². The minimum Gasteiger partial charge on any atom is -0.334 e. The first-order chi connectivity index (χ1) is 7.57. The van der Waals surface area contributed by atoms with Crippen LogP contribution in [0, 0.1) is 5.41 Å². The van der Waals surface area contributed by atoms with Crippen LogP contribution in [0.4, 0.5) is 0 Å². The number of nitrogens with zero attached hydrogens (tertiary/aromatic N) is 1. The quantitative estimate of drug-likeness (QED) is 0.814. The van der Waals surface area contributed by atoms with Crippen LogP contribution in [-0.4, -0.2) is 17.4 Å². The highest BCUT2D eigenvalue weighted by Crippen LogP contribution is 2.46. The Morgan fingerprint density at radius 3 is 2.88 bits per heavy atom. The van der Waals surface area contributed by atoms with Crippen LogP contribution < -0.4 is 0 Å². The van der Waals surface area contributed by atoms with E-state index in [4.69, 9.17) is 0 Å². The van der Waals surface area contributed by atoms with Gasteiger partial charge < -0.3 is 4.90 Å². The molecule has 0 spiro atoms. The second-order valence-electron chi connectivity index (χ2n) is 5.27. The van der Waals surface area contributed by atoms with E-state index >= 15 is 0 Å². The Morgan fingerprint density at radius 1 is 1.44 bits per heavy atom. The molecule has 1 aromatic carbocycles. The predicted octanol–water partition coefficient (Wildman–Crippen LogP) is 3.21. The summed E-state index contributed by atoms with van der Waals surface area (Å²) in [6.07, 6.45) is 2.52. The molecule has 16 heavy (non-hydrogen) atoms. The van der Waals surface area contributed by atoms with Gasteiger partial charge in [0, 0.05) is 23.1 Å². The molecule has 84 valence electrons. The number of benzene rings is 1. The van der Waals surface area contributed by atoms with Crippen molar-refractivity contribution in [3.63, 3.8) is 0 Å². The molecule has 1 fully saturated rings. The van der Waals surface area contributed by atoms with Gasteiger partial charge >= 0.3 is 0 Å². The van der Waals surface area contributed by atoms with Crippen molar-refractivity contribution < 1.29 is 4.79 Å². The van der Waals surface area contributed by atoms with Gasteiger partial charge in [-0.3, -0.25) is 4.79 Å². The summed E-state index contributed by atoms with van der Waals surface area (Å²) >= 11 is 3.45.